The molecule has 1 aromatic carbocycles. The lowest BCUT2D eigenvalue weighted by Crippen LogP contribution is -2.09. The average Bonchev–Trinajstić information content (AvgIpc) is 2.91. The highest BCUT2D eigenvalue weighted by atomic mass is 16.6. The maximum atomic E-state index is 11.9. The first-order chi connectivity index (χ1) is 18.2. The van der Waals surface area contributed by atoms with E-state index in [2.05, 4.69) is 32.5 Å². The van der Waals surface area contributed by atoms with Crippen molar-refractivity contribution < 1.29 is 4.92 Å². The van der Waals surface area contributed by atoms with Gasteiger partial charge in [-0.15, -0.1) is 0 Å². The molecule has 37 heavy (non-hydrogen) atoms. The van der Waals surface area contributed by atoms with Crippen LogP contribution in [0.25, 0.3) is 10.9 Å². The molecular weight excluding hydrogens is 464 g/mol. The summed E-state index contributed by atoms with van der Waals surface area (Å²) >= 11 is 0. The van der Waals surface area contributed by atoms with Gasteiger partial charge in [0.2, 0.25) is 11.6 Å². The van der Waals surface area contributed by atoms with Crippen molar-refractivity contribution in [3.8, 4) is 0 Å². The maximum Gasteiger partial charge on any atom is 0.353 e. The predicted molar refractivity (Wildman–Crippen MR) is 153 cm³/mol. The normalized spacial score (nSPS) is 11.1. The Morgan fingerprint density at radius 3 is 2.03 bits per heavy atom. The molecule has 0 unspecified atom stereocenters. The van der Waals surface area contributed by atoms with E-state index in [9.17, 15) is 10.1 Å². The summed E-state index contributed by atoms with van der Waals surface area (Å²) < 4.78 is 0. The van der Waals surface area contributed by atoms with Crippen LogP contribution in [-0.2, 0) is 0 Å². The van der Waals surface area contributed by atoms with Crippen LogP contribution in [0.5, 0.6) is 0 Å². The zero-order valence-electron chi connectivity index (χ0n) is 22.3. The first-order valence-electron chi connectivity index (χ1n) is 14.0. The van der Waals surface area contributed by atoms with E-state index in [-0.39, 0.29) is 17.3 Å². The van der Waals surface area contributed by atoms with Crippen molar-refractivity contribution in [2.24, 2.45) is 0 Å². The summed E-state index contributed by atoms with van der Waals surface area (Å²) in [5.41, 5.74) is 1.37. The van der Waals surface area contributed by atoms with Crippen LogP contribution in [0, 0.1) is 10.1 Å². The SMILES string of the molecule is CCCCCCCCCCCCCCCCNc1ncnc(Nc2cccc3ncccc23)c1[N+](=O)[O-]. The third-order valence-electron chi connectivity index (χ3n) is 6.73. The summed E-state index contributed by atoms with van der Waals surface area (Å²) in [6.45, 7) is 2.91. The van der Waals surface area contributed by atoms with Crippen LogP contribution in [-0.4, -0.2) is 26.4 Å². The van der Waals surface area contributed by atoms with Crippen molar-refractivity contribution in [1.29, 1.82) is 0 Å². The van der Waals surface area contributed by atoms with Gasteiger partial charge in [0, 0.05) is 23.8 Å². The number of pyridine rings is 1. The van der Waals surface area contributed by atoms with E-state index in [1.54, 1.807) is 6.20 Å². The minimum atomic E-state index is -0.431. The Hall–Kier alpha value is -3.29. The van der Waals surface area contributed by atoms with Gasteiger partial charge in [0.15, 0.2) is 0 Å². The van der Waals surface area contributed by atoms with Crippen LogP contribution < -0.4 is 10.6 Å². The number of fused-ring (bicyclic) bond motifs is 1. The summed E-state index contributed by atoms with van der Waals surface area (Å²) in [6.07, 6.45) is 21.3. The fraction of sp³-hybridized carbons (Fsp3) is 0.552. The van der Waals surface area contributed by atoms with E-state index >= 15 is 0 Å². The molecule has 0 atom stereocenters. The van der Waals surface area contributed by atoms with Crippen molar-refractivity contribution >= 4 is 33.9 Å². The highest BCUT2D eigenvalue weighted by molar-refractivity contribution is 5.93. The first kappa shape index (κ1) is 28.3. The van der Waals surface area contributed by atoms with Crippen molar-refractivity contribution in [3.05, 3.63) is 53.0 Å². The summed E-state index contributed by atoms with van der Waals surface area (Å²) in [4.78, 5) is 24.1. The Bertz CT molecular complexity index is 1090. The second-order valence-electron chi connectivity index (χ2n) is 9.70. The zero-order valence-corrected chi connectivity index (χ0v) is 22.3. The fourth-order valence-electron chi connectivity index (χ4n) is 4.64. The summed E-state index contributed by atoms with van der Waals surface area (Å²) in [7, 11) is 0. The quantitative estimate of drug-likeness (QED) is 0.0952. The van der Waals surface area contributed by atoms with E-state index < -0.39 is 4.92 Å². The van der Waals surface area contributed by atoms with Gasteiger partial charge in [0.05, 0.1) is 10.4 Å². The number of anilines is 3. The second kappa shape index (κ2) is 16.5. The number of unbranched alkanes of at least 4 members (excludes halogenated alkanes) is 13. The van der Waals surface area contributed by atoms with Crippen LogP contribution in [0.2, 0.25) is 0 Å². The molecule has 0 bridgehead atoms. The smallest absolute Gasteiger partial charge is 0.353 e. The molecule has 0 aliphatic carbocycles. The number of benzene rings is 1. The number of aromatic nitrogens is 3. The van der Waals surface area contributed by atoms with Crippen molar-refractivity contribution in [1.82, 2.24) is 15.0 Å². The Labute approximate surface area is 220 Å². The fourth-order valence-corrected chi connectivity index (χ4v) is 4.64. The molecule has 0 amide bonds. The zero-order chi connectivity index (χ0) is 26.1. The lowest BCUT2D eigenvalue weighted by Gasteiger charge is -2.11. The number of rotatable bonds is 19. The van der Waals surface area contributed by atoms with Crippen LogP contribution in [0.4, 0.5) is 23.0 Å². The monoisotopic (exact) mass is 506 g/mol. The molecule has 3 aromatic rings. The van der Waals surface area contributed by atoms with Gasteiger partial charge in [-0.2, -0.15) is 0 Å². The lowest BCUT2D eigenvalue weighted by atomic mass is 10.0. The standard InChI is InChI=1S/C29H42N6O2/c1-2-3-4-5-6-7-8-9-10-11-12-13-14-15-21-31-28-27(35(36)37)29(33-23-32-28)34-26-20-16-19-25-24(26)18-17-22-30-25/h16-20,22-23H,2-15,21H2,1H3,(H2,31,32,33,34). The van der Waals surface area contributed by atoms with Crippen LogP contribution in [0.1, 0.15) is 96.8 Å². The largest absolute Gasteiger partial charge is 0.364 e. The molecule has 2 aromatic heterocycles. The molecule has 200 valence electrons. The predicted octanol–water partition coefficient (Wildman–Crippen LogP) is 8.57. The van der Waals surface area contributed by atoms with Gasteiger partial charge >= 0.3 is 5.69 Å². The van der Waals surface area contributed by atoms with Gasteiger partial charge in [0.25, 0.3) is 0 Å². The Morgan fingerprint density at radius 2 is 1.38 bits per heavy atom. The molecule has 8 heteroatoms. The van der Waals surface area contributed by atoms with Gasteiger partial charge in [-0.05, 0) is 30.7 Å². The molecule has 0 spiro atoms. The van der Waals surface area contributed by atoms with Crippen molar-refractivity contribution in [2.75, 3.05) is 17.2 Å². The Balaban J connectivity index is 1.37. The topological polar surface area (TPSA) is 106 Å². The number of nitrogens with zero attached hydrogens (tertiary/aromatic N) is 4. The van der Waals surface area contributed by atoms with Gasteiger partial charge < -0.3 is 10.6 Å². The summed E-state index contributed by atoms with van der Waals surface area (Å²) in [5.74, 6) is 0.412. The molecule has 0 aliphatic heterocycles. The van der Waals surface area contributed by atoms with Gasteiger partial charge in [-0.1, -0.05) is 96.5 Å². The molecule has 3 rings (SSSR count). The van der Waals surface area contributed by atoms with Crippen LogP contribution in [0.15, 0.2) is 42.9 Å². The minimum absolute atomic E-state index is 0.145. The number of nitrogens with one attached hydrogen (secondary N) is 2. The van der Waals surface area contributed by atoms with E-state index in [1.807, 2.05) is 30.3 Å². The highest BCUT2D eigenvalue weighted by Gasteiger charge is 2.23. The molecule has 0 aliphatic rings. The number of nitro groups is 1. The second-order valence-corrected chi connectivity index (χ2v) is 9.70. The third-order valence-corrected chi connectivity index (χ3v) is 6.73. The Kier molecular flexibility index (Phi) is 12.6. The molecule has 2 N–H and O–H groups in total. The molecule has 8 nitrogen and oxygen atoms in total. The molecule has 0 fully saturated rings. The van der Waals surface area contributed by atoms with Gasteiger partial charge in [-0.3, -0.25) is 15.1 Å². The van der Waals surface area contributed by atoms with E-state index in [0.717, 1.165) is 23.7 Å². The Morgan fingerprint density at radius 1 is 0.757 bits per heavy atom. The van der Waals surface area contributed by atoms with E-state index in [1.165, 1.54) is 83.4 Å². The summed E-state index contributed by atoms with van der Waals surface area (Å²) in [6, 6.07) is 9.38. The highest BCUT2D eigenvalue weighted by Crippen LogP contribution is 2.33. The molecular formula is C29H42N6O2. The maximum absolute atomic E-state index is 11.9. The first-order valence-corrected chi connectivity index (χ1v) is 14.0. The van der Waals surface area contributed by atoms with Gasteiger partial charge in [-0.25, -0.2) is 9.97 Å². The average molecular weight is 507 g/mol. The van der Waals surface area contributed by atoms with Gasteiger partial charge in [0.1, 0.15) is 6.33 Å². The lowest BCUT2D eigenvalue weighted by molar-refractivity contribution is -0.383. The van der Waals surface area contributed by atoms with Crippen molar-refractivity contribution in [2.45, 2.75) is 96.8 Å². The van der Waals surface area contributed by atoms with E-state index in [4.69, 9.17) is 0 Å². The molecule has 0 saturated carbocycles. The van der Waals surface area contributed by atoms with E-state index in [0.29, 0.717) is 12.2 Å². The number of hydrogen-bond donors (Lipinski definition) is 2. The molecule has 2 heterocycles. The summed E-state index contributed by atoms with van der Waals surface area (Å²) in [5, 5.41) is 19.0. The molecule has 0 saturated heterocycles. The number of hydrogen-bond acceptors (Lipinski definition) is 7. The minimum Gasteiger partial charge on any atom is -0.364 e. The van der Waals surface area contributed by atoms with Crippen molar-refractivity contribution in [3.63, 3.8) is 0 Å². The third kappa shape index (κ3) is 9.59. The van der Waals surface area contributed by atoms with Crippen LogP contribution in [0.3, 0.4) is 0 Å². The van der Waals surface area contributed by atoms with Crippen LogP contribution >= 0.6 is 0 Å². The molecule has 0 radical (unpaired) electrons.